The van der Waals surface area contributed by atoms with Crippen LogP contribution in [0.4, 0.5) is 0 Å². The van der Waals surface area contributed by atoms with Gasteiger partial charge in [0.25, 0.3) is 0 Å². The highest BCUT2D eigenvalue weighted by Gasteiger charge is 2.10. The number of rotatable bonds is 9. The third kappa shape index (κ3) is 9.69. The summed E-state index contributed by atoms with van der Waals surface area (Å²) in [5.41, 5.74) is 0. The highest BCUT2D eigenvalue weighted by Crippen LogP contribution is 2.10. The molecule has 0 aromatic heterocycles. The molecule has 4 heteroatoms. The average Bonchev–Trinajstić information content (AvgIpc) is 2.21. The Morgan fingerprint density at radius 3 is 2.47 bits per heavy atom. The Hall–Kier alpha value is -0.610. The molecule has 15 heavy (non-hydrogen) atoms. The second-order valence-corrected chi connectivity index (χ2v) is 3.44. The zero-order chi connectivity index (χ0) is 11.5. The van der Waals surface area contributed by atoms with E-state index in [9.17, 15) is 4.79 Å². The fourth-order valence-electron chi connectivity index (χ4n) is 1.23. The number of methoxy groups -OCH3 is 1. The molecule has 0 spiro atoms. The minimum Gasteiger partial charge on any atom is -0.466 e. The van der Waals surface area contributed by atoms with Gasteiger partial charge in [-0.15, -0.1) is 0 Å². The van der Waals surface area contributed by atoms with Crippen LogP contribution in [-0.2, 0) is 19.0 Å². The van der Waals surface area contributed by atoms with Crippen molar-refractivity contribution < 1.29 is 19.0 Å². The average molecular weight is 218 g/mol. The van der Waals surface area contributed by atoms with Gasteiger partial charge in [-0.2, -0.15) is 0 Å². The number of esters is 1. The predicted molar refractivity (Wildman–Crippen MR) is 57.7 cm³/mol. The largest absolute Gasteiger partial charge is 0.466 e. The first-order chi connectivity index (χ1) is 7.20. The smallest absolute Gasteiger partial charge is 0.302 e. The third-order valence-corrected chi connectivity index (χ3v) is 2.13. The van der Waals surface area contributed by atoms with Crippen LogP contribution in [0.3, 0.4) is 0 Å². The van der Waals surface area contributed by atoms with Gasteiger partial charge in [0.05, 0.1) is 6.61 Å². The fraction of sp³-hybridized carbons (Fsp3) is 0.909. The Labute approximate surface area is 91.9 Å². The summed E-state index contributed by atoms with van der Waals surface area (Å²) in [7, 11) is 1.67. The number of hydrogen-bond donors (Lipinski definition) is 0. The van der Waals surface area contributed by atoms with E-state index in [0.717, 1.165) is 19.4 Å². The SMILES string of the molecule is CCOCCC(CCOC)COC(C)=O. The third-order valence-electron chi connectivity index (χ3n) is 2.13. The predicted octanol–water partition coefficient (Wildman–Crippen LogP) is 1.63. The van der Waals surface area contributed by atoms with Crippen molar-refractivity contribution in [2.24, 2.45) is 5.92 Å². The van der Waals surface area contributed by atoms with E-state index < -0.39 is 0 Å². The number of hydrogen-bond acceptors (Lipinski definition) is 4. The van der Waals surface area contributed by atoms with Crippen molar-refractivity contribution in [3.05, 3.63) is 0 Å². The van der Waals surface area contributed by atoms with Crippen molar-refractivity contribution in [3.63, 3.8) is 0 Å². The van der Waals surface area contributed by atoms with E-state index in [0.29, 0.717) is 25.7 Å². The minimum absolute atomic E-state index is 0.228. The molecule has 0 aliphatic carbocycles. The second kappa shape index (κ2) is 9.93. The van der Waals surface area contributed by atoms with Crippen molar-refractivity contribution in [2.75, 3.05) is 33.5 Å². The van der Waals surface area contributed by atoms with E-state index >= 15 is 0 Å². The zero-order valence-electron chi connectivity index (χ0n) is 9.95. The van der Waals surface area contributed by atoms with Gasteiger partial charge in [-0.25, -0.2) is 0 Å². The normalized spacial score (nSPS) is 12.5. The van der Waals surface area contributed by atoms with E-state index in [1.807, 2.05) is 6.92 Å². The maximum Gasteiger partial charge on any atom is 0.302 e. The Balaban J connectivity index is 3.67. The first-order valence-corrected chi connectivity index (χ1v) is 5.40. The van der Waals surface area contributed by atoms with E-state index in [1.54, 1.807) is 7.11 Å². The van der Waals surface area contributed by atoms with Crippen LogP contribution in [0.5, 0.6) is 0 Å². The Morgan fingerprint density at radius 1 is 1.27 bits per heavy atom. The van der Waals surface area contributed by atoms with E-state index in [1.165, 1.54) is 6.92 Å². The summed E-state index contributed by atoms with van der Waals surface area (Å²) in [4.78, 5) is 10.7. The van der Waals surface area contributed by atoms with Crippen molar-refractivity contribution in [1.29, 1.82) is 0 Å². The lowest BCUT2D eigenvalue weighted by molar-refractivity contribution is -0.142. The van der Waals surface area contributed by atoms with Gasteiger partial charge in [-0.1, -0.05) is 0 Å². The summed E-state index contributed by atoms with van der Waals surface area (Å²) >= 11 is 0. The van der Waals surface area contributed by atoms with Gasteiger partial charge in [0.1, 0.15) is 0 Å². The fourth-order valence-corrected chi connectivity index (χ4v) is 1.23. The molecule has 0 radical (unpaired) electrons. The van der Waals surface area contributed by atoms with Crippen LogP contribution in [0.1, 0.15) is 26.7 Å². The van der Waals surface area contributed by atoms with Gasteiger partial charge in [0.15, 0.2) is 0 Å². The molecule has 1 unspecified atom stereocenters. The van der Waals surface area contributed by atoms with Crippen LogP contribution in [0.25, 0.3) is 0 Å². The molecule has 0 N–H and O–H groups in total. The van der Waals surface area contributed by atoms with Gasteiger partial charge in [0.2, 0.25) is 0 Å². The molecule has 90 valence electrons. The van der Waals surface area contributed by atoms with Gasteiger partial charge in [-0.05, 0) is 25.7 Å². The second-order valence-electron chi connectivity index (χ2n) is 3.44. The molecule has 0 fully saturated rings. The molecule has 0 heterocycles. The Kier molecular flexibility index (Phi) is 9.52. The molecule has 0 amide bonds. The highest BCUT2D eigenvalue weighted by molar-refractivity contribution is 5.65. The maximum atomic E-state index is 10.7. The van der Waals surface area contributed by atoms with Crippen LogP contribution in [0, 0.1) is 5.92 Å². The van der Waals surface area contributed by atoms with E-state index in [4.69, 9.17) is 14.2 Å². The monoisotopic (exact) mass is 218 g/mol. The van der Waals surface area contributed by atoms with Crippen LogP contribution < -0.4 is 0 Å². The Bertz CT molecular complexity index is 159. The van der Waals surface area contributed by atoms with Crippen LogP contribution in [-0.4, -0.2) is 39.5 Å². The standard InChI is InChI=1S/C11H22O4/c1-4-14-8-6-11(5-7-13-3)9-15-10(2)12/h11H,4-9H2,1-3H3. The zero-order valence-corrected chi connectivity index (χ0v) is 9.95. The lowest BCUT2D eigenvalue weighted by Crippen LogP contribution is -2.16. The summed E-state index contributed by atoms with van der Waals surface area (Å²) < 4.78 is 15.3. The summed E-state index contributed by atoms with van der Waals surface area (Å²) in [6.07, 6.45) is 1.81. The van der Waals surface area contributed by atoms with Crippen LogP contribution in [0.15, 0.2) is 0 Å². The Morgan fingerprint density at radius 2 is 1.93 bits per heavy atom. The molecule has 0 bridgehead atoms. The van der Waals surface area contributed by atoms with Crippen molar-refractivity contribution in [2.45, 2.75) is 26.7 Å². The van der Waals surface area contributed by atoms with Gasteiger partial charge < -0.3 is 14.2 Å². The molecular formula is C11H22O4. The quantitative estimate of drug-likeness (QED) is 0.436. The number of carbonyl (C=O) groups excluding carboxylic acids is 1. The first-order valence-electron chi connectivity index (χ1n) is 5.40. The molecule has 0 rings (SSSR count). The van der Waals surface area contributed by atoms with Gasteiger partial charge in [-0.3, -0.25) is 4.79 Å². The maximum absolute atomic E-state index is 10.7. The van der Waals surface area contributed by atoms with Crippen molar-refractivity contribution in [1.82, 2.24) is 0 Å². The molecule has 1 atom stereocenters. The summed E-state index contributed by atoms with van der Waals surface area (Å²) in [5, 5.41) is 0. The summed E-state index contributed by atoms with van der Waals surface area (Å²) in [6.45, 7) is 5.99. The molecule has 0 aromatic carbocycles. The highest BCUT2D eigenvalue weighted by atomic mass is 16.5. The van der Waals surface area contributed by atoms with E-state index in [2.05, 4.69) is 0 Å². The molecular weight excluding hydrogens is 196 g/mol. The molecule has 0 saturated heterocycles. The molecule has 0 aliphatic heterocycles. The topological polar surface area (TPSA) is 44.8 Å². The molecule has 0 aliphatic rings. The summed E-state index contributed by atoms with van der Waals surface area (Å²) in [5.74, 6) is 0.106. The lowest BCUT2D eigenvalue weighted by Gasteiger charge is -2.15. The van der Waals surface area contributed by atoms with Crippen molar-refractivity contribution >= 4 is 5.97 Å². The molecule has 0 aromatic rings. The van der Waals surface area contributed by atoms with E-state index in [-0.39, 0.29) is 5.97 Å². The van der Waals surface area contributed by atoms with Crippen LogP contribution >= 0.6 is 0 Å². The first kappa shape index (κ1) is 14.4. The van der Waals surface area contributed by atoms with Crippen molar-refractivity contribution in [3.8, 4) is 0 Å². The van der Waals surface area contributed by atoms with Gasteiger partial charge in [0, 0.05) is 33.9 Å². The molecule has 0 saturated carbocycles. The van der Waals surface area contributed by atoms with Crippen LogP contribution in [0.2, 0.25) is 0 Å². The number of ether oxygens (including phenoxy) is 3. The lowest BCUT2D eigenvalue weighted by atomic mass is 10.0. The minimum atomic E-state index is -0.228. The summed E-state index contributed by atoms with van der Waals surface area (Å²) in [6, 6.07) is 0. The van der Waals surface area contributed by atoms with Gasteiger partial charge >= 0.3 is 5.97 Å². The number of carbonyl (C=O) groups is 1. The molecule has 4 nitrogen and oxygen atoms in total.